The quantitative estimate of drug-likeness (QED) is 0.578. The first kappa shape index (κ1) is 16.0. The van der Waals surface area contributed by atoms with Crippen LogP contribution in [0, 0.1) is 0 Å². The van der Waals surface area contributed by atoms with E-state index in [1.54, 1.807) is 20.3 Å². The number of allylic oxidation sites excluding steroid dienone is 3. The molecule has 1 aromatic rings. The molecule has 0 saturated carbocycles. The standard InChI is InChI=1S/C19H22O3/c1-5-18-17(13-19(21-4)14(2)20-3)16(11-12-22-18)15-9-7-6-8-10-15/h5-10,13,16H,1-2,11-12H2,3-4H3/b19-13+. The van der Waals surface area contributed by atoms with E-state index in [9.17, 15) is 0 Å². The summed E-state index contributed by atoms with van der Waals surface area (Å²) >= 11 is 0. The summed E-state index contributed by atoms with van der Waals surface area (Å²) in [5.74, 6) is 2.08. The van der Waals surface area contributed by atoms with Crippen molar-refractivity contribution in [2.45, 2.75) is 12.3 Å². The SMILES string of the molecule is C=CC1=C(/C=C(/OC)C(=C)OC)C(c2ccccc2)CCO1. The van der Waals surface area contributed by atoms with Crippen LogP contribution in [-0.4, -0.2) is 20.8 Å². The molecule has 0 saturated heterocycles. The van der Waals surface area contributed by atoms with E-state index in [2.05, 4.69) is 25.3 Å². The molecule has 0 aliphatic carbocycles. The van der Waals surface area contributed by atoms with E-state index in [0.29, 0.717) is 18.1 Å². The molecule has 1 unspecified atom stereocenters. The van der Waals surface area contributed by atoms with Crippen LogP contribution in [-0.2, 0) is 14.2 Å². The van der Waals surface area contributed by atoms with Gasteiger partial charge in [-0.15, -0.1) is 0 Å². The van der Waals surface area contributed by atoms with Crippen molar-refractivity contribution in [2.24, 2.45) is 0 Å². The highest BCUT2D eigenvalue weighted by atomic mass is 16.5. The zero-order valence-corrected chi connectivity index (χ0v) is 13.2. The first-order valence-electron chi connectivity index (χ1n) is 7.24. The van der Waals surface area contributed by atoms with Gasteiger partial charge in [0.2, 0.25) is 0 Å². The minimum absolute atomic E-state index is 0.234. The normalized spacial score (nSPS) is 18.5. The number of benzene rings is 1. The fraction of sp³-hybridized carbons (Fsp3) is 0.263. The van der Waals surface area contributed by atoms with E-state index in [1.807, 2.05) is 24.3 Å². The molecule has 0 spiro atoms. The molecule has 1 aliphatic heterocycles. The lowest BCUT2D eigenvalue weighted by Crippen LogP contribution is -2.15. The Bertz CT molecular complexity index is 596. The Labute approximate surface area is 132 Å². The first-order chi connectivity index (χ1) is 10.7. The molecular weight excluding hydrogens is 276 g/mol. The molecule has 0 amide bonds. The largest absolute Gasteiger partial charge is 0.494 e. The van der Waals surface area contributed by atoms with E-state index in [-0.39, 0.29) is 5.92 Å². The summed E-state index contributed by atoms with van der Waals surface area (Å²) in [6.07, 6.45) is 4.58. The van der Waals surface area contributed by atoms with Crippen molar-refractivity contribution in [1.29, 1.82) is 0 Å². The van der Waals surface area contributed by atoms with Crippen molar-refractivity contribution in [2.75, 3.05) is 20.8 Å². The fourth-order valence-corrected chi connectivity index (χ4v) is 2.57. The van der Waals surface area contributed by atoms with Gasteiger partial charge in [-0.3, -0.25) is 0 Å². The summed E-state index contributed by atoms with van der Waals surface area (Å²) in [7, 11) is 3.18. The second kappa shape index (κ2) is 7.55. The molecule has 116 valence electrons. The van der Waals surface area contributed by atoms with E-state index in [0.717, 1.165) is 17.8 Å². The lowest BCUT2D eigenvalue weighted by atomic mass is 9.85. The number of hydrogen-bond acceptors (Lipinski definition) is 3. The number of ether oxygens (including phenoxy) is 3. The van der Waals surface area contributed by atoms with Crippen LogP contribution >= 0.6 is 0 Å². The smallest absolute Gasteiger partial charge is 0.160 e. The molecule has 3 nitrogen and oxygen atoms in total. The van der Waals surface area contributed by atoms with Crippen molar-refractivity contribution in [1.82, 2.24) is 0 Å². The third kappa shape index (κ3) is 3.42. The van der Waals surface area contributed by atoms with E-state index in [1.165, 1.54) is 5.56 Å². The lowest BCUT2D eigenvalue weighted by molar-refractivity contribution is 0.191. The number of rotatable bonds is 6. The second-order valence-electron chi connectivity index (χ2n) is 4.96. The monoisotopic (exact) mass is 298 g/mol. The Morgan fingerprint density at radius 3 is 2.55 bits per heavy atom. The zero-order valence-electron chi connectivity index (χ0n) is 13.2. The van der Waals surface area contributed by atoms with Gasteiger partial charge in [0, 0.05) is 11.5 Å². The van der Waals surface area contributed by atoms with Crippen molar-refractivity contribution >= 4 is 0 Å². The zero-order chi connectivity index (χ0) is 15.9. The maximum absolute atomic E-state index is 5.74. The molecule has 0 bridgehead atoms. The maximum atomic E-state index is 5.74. The predicted octanol–water partition coefficient (Wildman–Crippen LogP) is 4.32. The molecule has 1 aromatic carbocycles. The molecule has 1 atom stereocenters. The number of methoxy groups -OCH3 is 2. The third-order valence-corrected chi connectivity index (χ3v) is 3.74. The van der Waals surface area contributed by atoms with E-state index in [4.69, 9.17) is 14.2 Å². The van der Waals surface area contributed by atoms with E-state index >= 15 is 0 Å². The van der Waals surface area contributed by atoms with Crippen LogP contribution in [0.4, 0.5) is 0 Å². The highest BCUT2D eigenvalue weighted by molar-refractivity contribution is 5.43. The third-order valence-electron chi connectivity index (χ3n) is 3.74. The predicted molar refractivity (Wildman–Crippen MR) is 88.2 cm³/mol. The van der Waals surface area contributed by atoms with Crippen LogP contribution in [0.25, 0.3) is 0 Å². The lowest BCUT2D eigenvalue weighted by Gasteiger charge is -2.27. The van der Waals surface area contributed by atoms with Crippen LogP contribution < -0.4 is 0 Å². The summed E-state index contributed by atoms with van der Waals surface area (Å²) < 4.78 is 16.3. The summed E-state index contributed by atoms with van der Waals surface area (Å²) in [5, 5.41) is 0. The molecule has 1 aliphatic rings. The molecule has 3 heteroatoms. The van der Waals surface area contributed by atoms with Crippen LogP contribution in [0.5, 0.6) is 0 Å². The van der Waals surface area contributed by atoms with E-state index < -0.39 is 0 Å². The average Bonchev–Trinajstić information content (AvgIpc) is 2.59. The van der Waals surface area contributed by atoms with Crippen molar-refractivity contribution in [3.8, 4) is 0 Å². The van der Waals surface area contributed by atoms with Gasteiger partial charge >= 0.3 is 0 Å². The van der Waals surface area contributed by atoms with Crippen molar-refractivity contribution in [3.63, 3.8) is 0 Å². The molecule has 0 fully saturated rings. The molecular formula is C19H22O3. The van der Waals surface area contributed by atoms with Crippen LogP contribution in [0.1, 0.15) is 17.9 Å². The van der Waals surface area contributed by atoms with Gasteiger partial charge in [-0.2, -0.15) is 0 Å². The highest BCUT2D eigenvalue weighted by Gasteiger charge is 2.24. The topological polar surface area (TPSA) is 27.7 Å². The van der Waals surface area contributed by atoms with Crippen LogP contribution in [0.3, 0.4) is 0 Å². The average molecular weight is 298 g/mol. The Morgan fingerprint density at radius 2 is 1.95 bits per heavy atom. The summed E-state index contributed by atoms with van der Waals surface area (Å²) in [5.41, 5.74) is 2.28. The minimum Gasteiger partial charge on any atom is -0.494 e. The highest BCUT2D eigenvalue weighted by Crippen LogP contribution is 2.36. The Kier molecular flexibility index (Phi) is 5.48. The van der Waals surface area contributed by atoms with Gasteiger partial charge < -0.3 is 14.2 Å². The second-order valence-corrected chi connectivity index (χ2v) is 4.96. The fourth-order valence-electron chi connectivity index (χ4n) is 2.57. The Balaban J connectivity index is 2.48. The van der Waals surface area contributed by atoms with Crippen molar-refractivity contribution < 1.29 is 14.2 Å². The molecule has 0 aromatic heterocycles. The summed E-state index contributed by atoms with van der Waals surface area (Å²) in [4.78, 5) is 0. The van der Waals surface area contributed by atoms with Gasteiger partial charge in [0.05, 0.1) is 20.8 Å². The molecule has 2 rings (SSSR count). The van der Waals surface area contributed by atoms with Gasteiger partial charge in [-0.05, 0) is 24.1 Å². The molecule has 0 N–H and O–H groups in total. The van der Waals surface area contributed by atoms with Crippen LogP contribution in [0.15, 0.2) is 78.5 Å². The van der Waals surface area contributed by atoms with Gasteiger partial charge in [-0.1, -0.05) is 43.5 Å². The minimum atomic E-state index is 0.234. The molecule has 22 heavy (non-hydrogen) atoms. The van der Waals surface area contributed by atoms with Gasteiger partial charge in [0.15, 0.2) is 11.5 Å². The Morgan fingerprint density at radius 1 is 1.23 bits per heavy atom. The molecule has 0 radical (unpaired) electrons. The maximum Gasteiger partial charge on any atom is 0.160 e. The summed E-state index contributed by atoms with van der Waals surface area (Å²) in [6, 6.07) is 10.4. The first-order valence-corrected chi connectivity index (χ1v) is 7.24. The van der Waals surface area contributed by atoms with Crippen molar-refractivity contribution in [3.05, 3.63) is 84.1 Å². The Hall–Kier alpha value is -2.42. The van der Waals surface area contributed by atoms with Gasteiger partial charge in [0.1, 0.15) is 5.76 Å². The molecule has 1 heterocycles. The number of hydrogen-bond donors (Lipinski definition) is 0. The van der Waals surface area contributed by atoms with Gasteiger partial charge in [-0.25, -0.2) is 0 Å². The summed E-state index contributed by atoms with van der Waals surface area (Å²) in [6.45, 7) is 8.38. The van der Waals surface area contributed by atoms with Crippen LogP contribution in [0.2, 0.25) is 0 Å². The van der Waals surface area contributed by atoms with Gasteiger partial charge in [0.25, 0.3) is 0 Å².